The number of aromatic hydroxyl groups is 1. The van der Waals surface area contributed by atoms with Crippen LogP contribution < -0.4 is 4.74 Å². The molecule has 132 valence electrons. The van der Waals surface area contributed by atoms with Crippen LogP contribution in [0.2, 0.25) is 0 Å². The molecule has 1 saturated carbocycles. The number of phenolic OH excluding ortho intramolecular Hbond substituents is 1. The van der Waals surface area contributed by atoms with Crippen LogP contribution in [-0.4, -0.2) is 21.9 Å². The van der Waals surface area contributed by atoms with Crippen molar-refractivity contribution in [3.63, 3.8) is 0 Å². The van der Waals surface area contributed by atoms with Gasteiger partial charge in [-0.2, -0.15) is 0 Å². The smallest absolute Gasteiger partial charge is 0.135 e. The number of benzene rings is 1. The third kappa shape index (κ3) is 2.95. The summed E-state index contributed by atoms with van der Waals surface area (Å²) in [7, 11) is 0. The molecule has 2 N–H and O–H groups in total. The van der Waals surface area contributed by atoms with Crippen molar-refractivity contribution >= 4 is 0 Å². The highest BCUT2D eigenvalue weighted by Gasteiger charge is 2.53. The van der Waals surface area contributed by atoms with Crippen LogP contribution in [0.25, 0.3) is 0 Å². The van der Waals surface area contributed by atoms with Gasteiger partial charge >= 0.3 is 0 Å². The average Bonchev–Trinajstić information content (AvgIpc) is 2.88. The van der Waals surface area contributed by atoms with E-state index in [4.69, 9.17) is 4.74 Å². The standard InChI is InChI=1S/C21H30O3/c1-5-6-7-8-14-11-16(22)19-17(12-14)24-20-18(19)15(13(2)3)9-10-21(20,4)23/h11-12,15,18,20,22-23H,2,5-10H2,1,3-4H3/t15?,18?,20?,21-/m0/s1. The maximum absolute atomic E-state index is 10.8. The van der Waals surface area contributed by atoms with Crippen LogP contribution in [0, 0.1) is 5.92 Å². The van der Waals surface area contributed by atoms with E-state index in [0.717, 1.165) is 41.7 Å². The van der Waals surface area contributed by atoms with E-state index in [1.54, 1.807) is 0 Å². The summed E-state index contributed by atoms with van der Waals surface area (Å²) in [6, 6.07) is 3.95. The van der Waals surface area contributed by atoms with Crippen LogP contribution >= 0.6 is 0 Å². The highest BCUT2D eigenvalue weighted by Crippen LogP contribution is 2.56. The lowest BCUT2D eigenvalue weighted by Gasteiger charge is -2.42. The molecule has 1 aliphatic heterocycles. The van der Waals surface area contributed by atoms with Gasteiger partial charge in [0.25, 0.3) is 0 Å². The molecule has 0 amide bonds. The van der Waals surface area contributed by atoms with Crippen molar-refractivity contribution in [1.82, 2.24) is 0 Å². The Morgan fingerprint density at radius 1 is 1.38 bits per heavy atom. The lowest BCUT2D eigenvalue weighted by Crippen LogP contribution is -2.50. The molecule has 0 bridgehead atoms. The first kappa shape index (κ1) is 17.3. The Morgan fingerprint density at radius 3 is 2.79 bits per heavy atom. The maximum atomic E-state index is 10.8. The second kappa shape index (κ2) is 6.44. The van der Waals surface area contributed by atoms with E-state index in [9.17, 15) is 10.2 Å². The number of fused-ring (bicyclic) bond motifs is 3. The van der Waals surface area contributed by atoms with Gasteiger partial charge in [0.05, 0.1) is 5.60 Å². The van der Waals surface area contributed by atoms with E-state index >= 15 is 0 Å². The summed E-state index contributed by atoms with van der Waals surface area (Å²) >= 11 is 0. The zero-order valence-electron chi connectivity index (χ0n) is 15.1. The van der Waals surface area contributed by atoms with Crippen LogP contribution in [0.15, 0.2) is 24.3 Å². The number of hydrogen-bond donors (Lipinski definition) is 2. The van der Waals surface area contributed by atoms with Crippen LogP contribution in [-0.2, 0) is 6.42 Å². The fourth-order valence-electron chi connectivity index (χ4n) is 4.43. The molecule has 1 aromatic rings. The van der Waals surface area contributed by atoms with E-state index in [1.807, 2.05) is 19.9 Å². The Balaban J connectivity index is 1.96. The zero-order valence-corrected chi connectivity index (χ0v) is 15.1. The van der Waals surface area contributed by atoms with Gasteiger partial charge in [0.15, 0.2) is 0 Å². The van der Waals surface area contributed by atoms with Gasteiger partial charge in [-0.05, 0) is 63.1 Å². The van der Waals surface area contributed by atoms with Gasteiger partial charge in [0.2, 0.25) is 0 Å². The van der Waals surface area contributed by atoms with E-state index < -0.39 is 5.60 Å². The number of hydrogen-bond acceptors (Lipinski definition) is 3. The monoisotopic (exact) mass is 330 g/mol. The van der Waals surface area contributed by atoms with Gasteiger partial charge in [-0.25, -0.2) is 0 Å². The molecular formula is C21H30O3. The highest BCUT2D eigenvalue weighted by atomic mass is 16.5. The average molecular weight is 330 g/mol. The Hall–Kier alpha value is -1.48. The summed E-state index contributed by atoms with van der Waals surface area (Å²) in [5.41, 5.74) is 2.21. The molecule has 2 aliphatic rings. The van der Waals surface area contributed by atoms with Gasteiger partial charge in [0.1, 0.15) is 17.6 Å². The van der Waals surface area contributed by atoms with Crippen molar-refractivity contribution in [3.05, 3.63) is 35.4 Å². The quantitative estimate of drug-likeness (QED) is 0.607. The molecule has 3 unspecified atom stereocenters. The molecule has 1 fully saturated rings. The normalized spacial score (nSPS) is 31.2. The topological polar surface area (TPSA) is 49.7 Å². The largest absolute Gasteiger partial charge is 0.508 e. The third-order valence-electron chi connectivity index (χ3n) is 5.80. The first-order valence-corrected chi connectivity index (χ1v) is 9.25. The lowest BCUT2D eigenvalue weighted by atomic mass is 9.66. The predicted molar refractivity (Wildman–Crippen MR) is 96.7 cm³/mol. The van der Waals surface area contributed by atoms with Crippen molar-refractivity contribution in [2.45, 2.75) is 76.9 Å². The molecule has 3 nitrogen and oxygen atoms in total. The van der Waals surface area contributed by atoms with E-state index in [2.05, 4.69) is 19.6 Å². The van der Waals surface area contributed by atoms with Crippen molar-refractivity contribution in [2.24, 2.45) is 5.92 Å². The van der Waals surface area contributed by atoms with Crippen molar-refractivity contribution in [1.29, 1.82) is 0 Å². The Labute approximate surface area is 145 Å². The predicted octanol–water partition coefficient (Wildman–Crippen LogP) is 4.71. The van der Waals surface area contributed by atoms with Crippen molar-refractivity contribution in [2.75, 3.05) is 0 Å². The maximum Gasteiger partial charge on any atom is 0.135 e. The molecule has 0 radical (unpaired) electrons. The number of phenols is 1. The van der Waals surface area contributed by atoms with Crippen LogP contribution in [0.3, 0.4) is 0 Å². The van der Waals surface area contributed by atoms with Crippen LogP contribution in [0.1, 0.15) is 69.9 Å². The fourth-order valence-corrected chi connectivity index (χ4v) is 4.43. The zero-order chi connectivity index (χ0) is 17.5. The number of rotatable bonds is 5. The molecule has 1 heterocycles. The number of allylic oxidation sites excluding steroid dienone is 1. The number of ether oxygens (including phenoxy) is 1. The third-order valence-corrected chi connectivity index (χ3v) is 5.80. The number of aliphatic hydroxyl groups is 1. The van der Waals surface area contributed by atoms with E-state index in [1.165, 1.54) is 12.8 Å². The fraction of sp³-hybridized carbons (Fsp3) is 0.619. The van der Waals surface area contributed by atoms with Crippen molar-refractivity contribution < 1.29 is 14.9 Å². The van der Waals surface area contributed by atoms with Gasteiger partial charge in [0, 0.05) is 11.5 Å². The van der Waals surface area contributed by atoms with Crippen molar-refractivity contribution in [3.8, 4) is 11.5 Å². The van der Waals surface area contributed by atoms with E-state index in [-0.39, 0.29) is 17.9 Å². The Bertz CT molecular complexity index is 632. The summed E-state index contributed by atoms with van der Waals surface area (Å²) in [4.78, 5) is 0. The summed E-state index contributed by atoms with van der Waals surface area (Å²) in [5, 5.41) is 21.5. The van der Waals surface area contributed by atoms with Gasteiger partial charge < -0.3 is 14.9 Å². The Morgan fingerprint density at radius 2 is 2.12 bits per heavy atom. The van der Waals surface area contributed by atoms with Crippen LogP contribution in [0.4, 0.5) is 0 Å². The lowest BCUT2D eigenvalue weighted by molar-refractivity contribution is -0.0824. The van der Waals surface area contributed by atoms with Gasteiger partial charge in [-0.15, -0.1) is 0 Å². The molecular weight excluding hydrogens is 300 g/mol. The molecule has 0 aromatic heterocycles. The minimum atomic E-state index is -0.871. The molecule has 0 spiro atoms. The first-order valence-electron chi connectivity index (χ1n) is 9.25. The molecule has 3 rings (SSSR count). The molecule has 3 heteroatoms. The molecule has 1 aromatic carbocycles. The summed E-state index contributed by atoms with van der Waals surface area (Å²) in [6.07, 6.45) is 5.71. The van der Waals surface area contributed by atoms with Crippen LogP contribution in [0.5, 0.6) is 11.5 Å². The minimum absolute atomic E-state index is 0.00839. The Kier molecular flexibility index (Phi) is 4.65. The molecule has 0 saturated heterocycles. The molecule has 1 aliphatic carbocycles. The summed E-state index contributed by atoms with van der Waals surface area (Å²) in [6.45, 7) is 10.2. The number of unbranched alkanes of at least 4 members (excludes halogenated alkanes) is 2. The first-order chi connectivity index (χ1) is 11.3. The second-order valence-electron chi connectivity index (χ2n) is 7.90. The highest BCUT2D eigenvalue weighted by molar-refractivity contribution is 5.54. The summed E-state index contributed by atoms with van der Waals surface area (Å²) in [5.74, 6) is 1.31. The SMILES string of the molecule is C=C(C)C1CC[C@](C)(O)C2Oc3cc(CCCCC)cc(O)c3C12. The second-order valence-corrected chi connectivity index (χ2v) is 7.90. The van der Waals surface area contributed by atoms with Gasteiger partial charge in [-0.1, -0.05) is 31.9 Å². The van der Waals surface area contributed by atoms with E-state index in [0.29, 0.717) is 12.2 Å². The molecule has 24 heavy (non-hydrogen) atoms. The summed E-state index contributed by atoms with van der Waals surface area (Å²) < 4.78 is 6.18. The number of aryl methyl sites for hydroxylation is 1. The molecule has 4 atom stereocenters. The van der Waals surface area contributed by atoms with Gasteiger partial charge in [-0.3, -0.25) is 0 Å². The minimum Gasteiger partial charge on any atom is -0.508 e.